The first-order valence-electron chi connectivity index (χ1n) is 7.49. The minimum Gasteiger partial charge on any atom is -0.481 e. The van der Waals surface area contributed by atoms with E-state index in [1.54, 1.807) is 0 Å². The third kappa shape index (κ3) is 5.62. The molecule has 4 nitrogen and oxygen atoms in total. The molecule has 2 atom stereocenters. The number of hydrogen-bond acceptors (Lipinski definition) is 2. The molecule has 1 fully saturated rings. The van der Waals surface area contributed by atoms with Crippen molar-refractivity contribution in [3.63, 3.8) is 0 Å². The van der Waals surface area contributed by atoms with E-state index in [0.717, 1.165) is 51.5 Å². The van der Waals surface area contributed by atoms with Crippen molar-refractivity contribution >= 4 is 11.9 Å². The molecule has 0 saturated heterocycles. The molecule has 2 unspecified atom stereocenters. The number of carbonyl (C=O) groups is 2. The SMILES string of the molecule is CCC1(C)CC1C(=O)NCCCCCCCC(=O)O. The largest absolute Gasteiger partial charge is 0.481 e. The first-order valence-corrected chi connectivity index (χ1v) is 7.49. The molecule has 1 saturated carbocycles. The molecule has 0 bridgehead atoms. The van der Waals surface area contributed by atoms with Crippen molar-refractivity contribution in [2.24, 2.45) is 11.3 Å². The minimum absolute atomic E-state index is 0.218. The molecule has 0 heterocycles. The molecule has 0 radical (unpaired) electrons. The standard InChI is InChI=1S/C15H27NO3/c1-3-15(2)11-12(15)14(19)16-10-8-6-4-5-7-9-13(17)18/h12H,3-11H2,1-2H3,(H,16,19)(H,17,18). The summed E-state index contributed by atoms with van der Waals surface area (Å²) in [5.74, 6) is -0.265. The topological polar surface area (TPSA) is 66.4 Å². The van der Waals surface area contributed by atoms with Gasteiger partial charge in [-0.25, -0.2) is 0 Å². The lowest BCUT2D eigenvalue weighted by Gasteiger charge is -2.08. The van der Waals surface area contributed by atoms with Crippen molar-refractivity contribution < 1.29 is 14.7 Å². The summed E-state index contributed by atoms with van der Waals surface area (Å²) in [6.45, 7) is 5.08. The van der Waals surface area contributed by atoms with Crippen LogP contribution in [-0.4, -0.2) is 23.5 Å². The highest BCUT2D eigenvalue weighted by atomic mass is 16.4. The summed E-state index contributed by atoms with van der Waals surface area (Å²) in [5, 5.41) is 11.5. The van der Waals surface area contributed by atoms with Crippen LogP contribution in [0.4, 0.5) is 0 Å². The fraction of sp³-hybridized carbons (Fsp3) is 0.867. The van der Waals surface area contributed by atoms with Crippen LogP contribution in [0.2, 0.25) is 0 Å². The summed E-state index contributed by atoms with van der Waals surface area (Å²) >= 11 is 0. The Labute approximate surface area is 116 Å². The Morgan fingerprint density at radius 1 is 1.21 bits per heavy atom. The molecule has 2 N–H and O–H groups in total. The van der Waals surface area contributed by atoms with Gasteiger partial charge in [-0.2, -0.15) is 0 Å². The number of carboxylic acids is 1. The van der Waals surface area contributed by atoms with Crippen molar-refractivity contribution in [2.45, 2.75) is 65.2 Å². The Hall–Kier alpha value is -1.06. The minimum atomic E-state index is -0.712. The van der Waals surface area contributed by atoms with Gasteiger partial charge in [0.2, 0.25) is 5.91 Å². The van der Waals surface area contributed by atoms with Gasteiger partial charge in [-0.3, -0.25) is 9.59 Å². The fourth-order valence-corrected chi connectivity index (χ4v) is 2.47. The van der Waals surface area contributed by atoms with Crippen LogP contribution in [0.5, 0.6) is 0 Å². The van der Waals surface area contributed by atoms with E-state index >= 15 is 0 Å². The van der Waals surface area contributed by atoms with E-state index in [2.05, 4.69) is 19.2 Å². The van der Waals surface area contributed by atoms with Gasteiger partial charge in [-0.1, -0.05) is 33.1 Å². The summed E-state index contributed by atoms with van der Waals surface area (Å²) in [4.78, 5) is 22.1. The number of aliphatic carboxylic acids is 1. The lowest BCUT2D eigenvalue weighted by molar-refractivity contribution is -0.137. The number of carboxylic acid groups (broad SMARTS) is 1. The van der Waals surface area contributed by atoms with Crippen LogP contribution in [-0.2, 0) is 9.59 Å². The van der Waals surface area contributed by atoms with Gasteiger partial charge in [-0.15, -0.1) is 0 Å². The van der Waals surface area contributed by atoms with Crippen LogP contribution in [0.25, 0.3) is 0 Å². The Kier molecular flexibility index (Phi) is 6.32. The van der Waals surface area contributed by atoms with Crippen molar-refractivity contribution in [2.75, 3.05) is 6.54 Å². The van der Waals surface area contributed by atoms with Crippen LogP contribution in [0, 0.1) is 11.3 Å². The van der Waals surface area contributed by atoms with Gasteiger partial charge in [0.25, 0.3) is 0 Å². The van der Waals surface area contributed by atoms with Crippen molar-refractivity contribution in [3.05, 3.63) is 0 Å². The molecule has 1 rings (SSSR count). The molecule has 0 aromatic heterocycles. The van der Waals surface area contributed by atoms with Crippen LogP contribution in [0.1, 0.15) is 65.2 Å². The maximum atomic E-state index is 11.8. The third-order valence-electron chi connectivity index (χ3n) is 4.34. The summed E-state index contributed by atoms with van der Waals surface area (Å²) in [6.07, 6.45) is 7.23. The Morgan fingerprint density at radius 2 is 1.84 bits per heavy atom. The number of hydrogen-bond donors (Lipinski definition) is 2. The molecule has 0 aromatic carbocycles. The first-order chi connectivity index (χ1) is 8.99. The molecule has 1 aliphatic carbocycles. The maximum absolute atomic E-state index is 11.8. The van der Waals surface area contributed by atoms with Crippen LogP contribution in [0.3, 0.4) is 0 Å². The molecule has 0 aliphatic heterocycles. The number of nitrogens with one attached hydrogen (secondary N) is 1. The quantitative estimate of drug-likeness (QED) is 0.599. The van der Waals surface area contributed by atoms with E-state index in [9.17, 15) is 9.59 Å². The molecular weight excluding hydrogens is 242 g/mol. The van der Waals surface area contributed by atoms with Gasteiger partial charge in [0.15, 0.2) is 0 Å². The van der Waals surface area contributed by atoms with Gasteiger partial charge in [0.1, 0.15) is 0 Å². The second-order valence-electron chi connectivity index (χ2n) is 5.97. The highest BCUT2D eigenvalue weighted by molar-refractivity contribution is 5.82. The lowest BCUT2D eigenvalue weighted by atomic mass is 10.0. The highest BCUT2D eigenvalue weighted by Crippen LogP contribution is 2.54. The maximum Gasteiger partial charge on any atom is 0.303 e. The zero-order chi connectivity index (χ0) is 14.3. The molecule has 0 aromatic rings. The monoisotopic (exact) mass is 269 g/mol. The van der Waals surface area contributed by atoms with E-state index < -0.39 is 5.97 Å². The van der Waals surface area contributed by atoms with Crippen LogP contribution < -0.4 is 5.32 Å². The average Bonchev–Trinajstić information content (AvgIpc) is 3.05. The van der Waals surface area contributed by atoms with Gasteiger partial charge in [0, 0.05) is 18.9 Å². The molecule has 4 heteroatoms. The van der Waals surface area contributed by atoms with Gasteiger partial charge < -0.3 is 10.4 Å². The predicted molar refractivity (Wildman–Crippen MR) is 74.9 cm³/mol. The number of carbonyl (C=O) groups excluding carboxylic acids is 1. The summed E-state index contributed by atoms with van der Waals surface area (Å²) in [6, 6.07) is 0. The summed E-state index contributed by atoms with van der Waals surface area (Å²) in [5.41, 5.74) is 0.251. The Bertz CT molecular complexity index is 317. The predicted octanol–water partition coefficient (Wildman–Crippen LogP) is 2.96. The molecule has 19 heavy (non-hydrogen) atoms. The summed E-state index contributed by atoms with van der Waals surface area (Å²) < 4.78 is 0. The number of amides is 1. The third-order valence-corrected chi connectivity index (χ3v) is 4.34. The van der Waals surface area contributed by atoms with E-state index in [-0.39, 0.29) is 23.7 Å². The second kappa shape index (κ2) is 7.51. The normalized spacial score (nSPS) is 25.1. The zero-order valence-corrected chi connectivity index (χ0v) is 12.2. The average molecular weight is 269 g/mol. The van der Waals surface area contributed by atoms with Gasteiger partial charge in [0.05, 0.1) is 0 Å². The molecule has 1 aliphatic rings. The summed E-state index contributed by atoms with van der Waals surface area (Å²) in [7, 11) is 0. The fourth-order valence-electron chi connectivity index (χ4n) is 2.47. The number of unbranched alkanes of at least 4 members (excludes halogenated alkanes) is 4. The molecule has 1 amide bonds. The lowest BCUT2D eigenvalue weighted by Crippen LogP contribution is -2.27. The first kappa shape index (κ1) is 16.0. The smallest absolute Gasteiger partial charge is 0.303 e. The van der Waals surface area contributed by atoms with Gasteiger partial charge >= 0.3 is 5.97 Å². The highest BCUT2D eigenvalue weighted by Gasteiger charge is 2.52. The van der Waals surface area contributed by atoms with E-state index in [4.69, 9.17) is 5.11 Å². The van der Waals surface area contributed by atoms with Crippen molar-refractivity contribution in [3.8, 4) is 0 Å². The van der Waals surface area contributed by atoms with E-state index in [1.807, 2.05) is 0 Å². The second-order valence-corrected chi connectivity index (χ2v) is 5.97. The zero-order valence-electron chi connectivity index (χ0n) is 12.2. The number of rotatable bonds is 10. The molecule has 110 valence electrons. The Balaban J connectivity index is 1.92. The van der Waals surface area contributed by atoms with Crippen molar-refractivity contribution in [1.29, 1.82) is 0 Å². The molecule has 0 spiro atoms. The van der Waals surface area contributed by atoms with E-state index in [0.29, 0.717) is 0 Å². The van der Waals surface area contributed by atoms with Gasteiger partial charge in [-0.05, 0) is 31.1 Å². The van der Waals surface area contributed by atoms with Crippen molar-refractivity contribution in [1.82, 2.24) is 5.32 Å². The molecular formula is C15H27NO3. The Morgan fingerprint density at radius 3 is 2.42 bits per heavy atom. The van der Waals surface area contributed by atoms with Crippen LogP contribution >= 0.6 is 0 Å². The van der Waals surface area contributed by atoms with E-state index in [1.165, 1.54) is 0 Å². The van der Waals surface area contributed by atoms with Crippen LogP contribution in [0.15, 0.2) is 0 Å².